The molecule has 37 heavy (non-hydrogen) atoms. The number of hydrogen-bond acceptors (Lipinski definition) is 8. The molecule has 0 aliphatic heterocycles. The second-order valence-electron chi connectivity index (χ2n) is 7.44. The van der Waals surface area contributed by atoms with E-state index in [1.165, 1.54) is 30.5 Å². The molecule has 0 saturated carbocycles. The van der Waals surface area contributed by atoms with Crippen molar-refractivity contribution in [2.45, 2.75) is 12.6 Å². The maximum Gasteiger partial charge on any atom is 0.416 e. The molecule has 2 aromatic carbocycles. The number of nitro groups is 1. The molecule has 190 valence electrons. The highest BCUT2D eigenvalue weighted by molar-refractivity contribution is 9.10. The highest BCUT2D eigenvalue weighted by Gasteiger charge is 2.30. The van der Waals surface area contributed by atoms with E-state index in [0.29, 0.717) is 32.4 Å². The predicted octanol–water partition coefficient (Wildman–Crippen LogP) is 6.53. The van der Waals surface area contributed by atoms with Crippen LogP contribution in [-0.2, 0) is 17.4 Å². The number of hydrogen-bond donors (Lipinski definition) is 2. The summed E-state index contributed by atoms with van der Waals surface area (Å²) >= 11 is 4.43. The van der Waals surface area contributed by atoms with Gasteiger partial charge in [-0.25, -0.2) is 10.4 Å². The van der Waals surface area contributed by atoms with Crippen LogP contribution in [-0.4, -0.2) is 22.0 Å². The number of benzene rings is 2. The summed E-state index contributed by atoms with van der Waals surface area (Å²) in [6.45, 7) is 0. The molecule has 0 radical (unpaired) electrons. The number of amides is 1. The van der Waals surface area contributed by atoms with E-state index in [-0.39, 0.29) is 17.8 Å². The summed E-state index contributed by atoms with van der Waals surface area (Å²) in [5, 5.41) is 19.5. The topological polar surface area (TPSA) is 123 Å². The number of rotatable bonds is 8. The highest BCUT2D eigenvalue weighted by Crippen LogP contribution is 2.33. The Labute approximate surface area is 219 Å². The zero-order valence-corrected chi connectivity index (χ0v) is 20.9. The summed E-state index contributed by atoms with van der Waals surface area (Å²) in [6, 6.07) is 12.3. The Morgan fingerprint density at radius 3 is 2.76 bits per heavy atom. The van der Waals surface area contributed by atoms with E-state index in [9.17, 15) is 28.1 Å². The number of non-ortho nitro benzene ring substituents is 1. The van der Waals surface area contributed by atoms with Gasteiger partial charge >= 0.3 is 6.18 Å². The van der Waals surface area contributed by atoms with Gasteiger partial charge in [-0.1, -0.05) is 6.07 Å². The van der Waals surface area contributed by atoms with Crippen LogP contribution < -0.4 is 10.7 Å². The Hall–Kier alpha value is -4.04. The lowest BCUT2D eigenvalue weighted by Gasteiger charge is -2.08. The third-order valence-corrected chi connectivity index (χ3v) is 6.23. The van der Waals surface area contributed by atoms with Crippen LogP contribution in [0.15, 0.2) is 74.0 Å². The Bertz CT molecular complexity index is 1490. The van der Waals surface area contributed by atoms with E-state index >= 15 is 0 Å². The predicted molar refractivity (Wildman–Crippen MR) is 135 cm³/mol. The van der Waals surface area contributed by atoms with E-state index in [1.807, 2.05) is 0 Å². The van der Waals surface area contributed by atoms with Gasteiger partial charge in [0.25, 0.3) is 5.69 Å². The van der Waals surface area contributed by atoms with E-state index in [2.05, 4.69) is 36.8 Å². The van der Waals surface area contributed by atoms with Gasteiger partial charge < -0.3 is 9.73 Å². The summed E-state index contributed by atoms with van der Waals surface area (Å²) in [6.07, 6.45) is -3.26. The number of alkyl halides is 3. The molecular weight excluding hydrogens is 579 g/mol. The van der Waals surface area contributed by atoms with Crippen molar-refractivity contribution < 1.29 is 27.3 Å². The quantitative estimate of drug-likeness (QED) is 0.136. The van der Waals surface area contributed by atoms with Gasteiger partial charge in [0.2, 0.25) is 5.91 Å². The van der Waals surface area contributed by atoms with Crippen LogP contribution in [0.3, 0.4) is 0 Å². The monoisotopic (exact) mass is 593 g/mol. The molecule has 0 aliphatic rings. The molecule has 0 aliphatic carbocycles. The van der Waals surface area contributed by atoms with E-state index < -0.39 is 22.6 Å². The molecule has 4 aromatic rings. The van der Waals surface area contributed by atoms with E-state index in [1.54, 1.807) is 23.6 Å². The first kappa shape index (κ1) is 26.0. The fourth-order valence-corrected chi connectivity index (χ4v) is 4.39. The lowest BCUT2D eigenvalue weighted by Crippen LogP contribution is -2.19. The standard InChI is InChI=1S/C23H15BrF3N5O4S/c24-19-10-16(32(34)35)4-6-18(19)20-7-5-17(36-20)11-28-31-21(33)9-15-12-37-22(30-15)29-14-3-1-2-13(8-14)23(25,26)27/h1-8,10-12H,9H2,(H,29,30)(H,31,33)/b28-11-. The molecule has 0 atom stereocenters. The lowest BCUT2D eigenvalue weighted by atomic mass is 10.1. The summed E-state index contributed by atoms with van der Waals surface area (Å²) in [4.78, 5) is 26.8. The minimum Gasteiger partial charge on any atom is -0.455 e. The second-order valence-corrected chi connectivity index (χ2v) is 9.15. The molecule has 0 unspecified atom stereocenters. The van der Waals surface area contributed by atoms with Crippen LogP contribution in [0.2, 0.25) is 0 Å². The molecule has 2 N–H and O–H groups in total. The number of nitro benzene ring substituents is 1. The largest absolute Gasteiger partial charge is 0.455 e. The molecule has 2 aromatic heterocycles. The molecule has 0 saturated heterocycles. The van der Waals surface area contributed by atoms with Crippen LogP contribution in [0.25, 0.3) is 11.3 Å². The van der Waals surface area contributed by atoms with Gasteiger partial charge in [-0.2, -0.15) is 18.3 Å². The third kappa shape index (κ3) is 6.80. The zero-order valence-electron chi connectivity index (χ0n) is 18.5. The average molecular weight is 594 g/mol. The smallest absolute Gasteiger partial charge is 0.416 e. The average Bonchev–Trinajstić information content (AvgIpc) is 3.48. The fourth-order valence-electron chi connectivity index (χ4n) is 3.10. The van der Waals surface area contributed by atoms with Gasteiger partial charge in [0.1, 0.15) is 11.5 Å². The first-order valence-corrected chi connectivity index (χ1v) is 12.0. The molecule has 1 amide bonds. The molecule has 14 heteroatoms. The molecule has 0 spiro atoms. The van der Waals surface area contributed by atoms with Crippen LogP contribution >= 0.6 is 27.3 Å². The van der Waals surface area contributed by atoms with Gasteiger partial charge in [0, 0.05) is 33.2 Å². The maximum atomic E-state index is 12.9. The van der Waals surface area contributed by atoms with Crippen LogP contribution in [0.1, 0.15) is 17.0 Å². The molecule has 9 nitrogen and oxygen atoms in total. The minimum absolute atomic E-state index is 0.0645. The minimum atomic E-state index is -4.46. The van der Waals surface area contributed by atoms with E-state index in [4.69, 9.17) is 4.42 Å². The maximum absolute atomic E-state index is 12.9. The molecular formula is C23H15BrF3N5O4S. The first-order chi connectivity index (χ1) is 17.6. The molecule has 0 fully saturated rings. The number of furan rings is 1. The SMILES string of the molecule is O=C(Cc1csc(Nc2cccc(C(F)(F)F)c2)n1)N/N=C\c1ccc(-c2ccc([N+](=O)[O-])cc2Br)o1. The van der Waals surface area contributed by atoms with Crippen molar-refractivity contribution in [3.8, 4) is 11.3 Å². The summed E-state index contributed by atoms with van der Waals surface area (Å²) in [5.74, 6) is 0.316. The number of nitrogens with one attached hydrogen (secondary N) is 2. The van der Waals surface area contributed by atoms with Crippen molar-refractivity contribution >= 4 is 55.9 Å². The number of anilines is 2. The normalized spacial score (nSPS) is 11.6. The number of thiazole rings is 1. The zero-order chi connectivity index (χ0) is 26.6. The number of carbonyl (C=O) groups is 1. The van der Waals surface area contributed by atoms with Gasteiger partial charge in [-0.3, -0.25) is 14.9 Å². The third-order valence-electron chi connectivity index (χ3n) is 4.77. The summed E-state index contributed by atoms with van der Waals surface area (Å²) < 4.78 is 44.8. The number of hydrazone groups is 1. The lowest BCUT2D eigenvalue weighted by molar-refractivity contribution is -0.384. The highest BCUT2D eigenvalue weighted by atomic mass is 79.9. The van der Waals surface area contributed by atoms with Crippen LogP contribution in [0.5, 0.6) is 0 Å². The van der Waals surface area contributed by atoms with Crippen molar-refractivity contribution in [2.24, 2.45) is 5.10 Å². The number of halogens is 4. The molecule has 2 heterocycles. The Morgan fingerprint density at radius 1 is 1.22 bits per heavy atom. The summed E-state index contributed by atoms with van der Waals surface area (Å²) in [7, 11) is 0. The summed E-state index contributed by atoms with van der Waals surface area (Å²) in [5.41, 5.74) is 2.74. The second kappa shape index (κ2) is 10.9. The van der Waals surface area contributed by atoms with Gasteiger partial charge in [0.15, 0.2) is 5.13 Å². The first-order valence-electron chi connectivity index (χ1n) is 10.3. The van der Waals surface area contributed by atoms with Crippen LogP contribution in [0.4, 0.5) is 29.7 Å². The molecule has 4 rings (SSSR count). The van der Waals surface area contributed by atoms with Crippen molar-refractivity contribution in [1.82, 2.24) is 10.4 Å². The van der Waals surface area contributed by atoms with Crippen molar-refractivity contribution in [3.05, 3.63) is 91.6 Å². The number of aromatic nitrogens is 1. The Balaban J connectivity index is 1.31. The van der Waals surface area contributed by atoms with Crippen molar-refractivity contribution in [3.63, 3.8) is 0 Å². The van der Waals surface area contributed by atoms with Crippen molar-refractivity contribution in [1.29, 1.82) is 0 Å². The van der Waals surface area contributed by atoms with Gasteiger partial charge in [-0.05, 0) is 52.3 Å². The Kier molecular flexibility index (Phi) is 7.69. The molecule has 0 bridgehead atoms. The number of carbonyl (C=O) groups excluding carboxylic acids is 1. The van der Waals surface area contributed by atoms with Crippen molar-refractivity contribution in [2.75, 3.05) is 5.32 Å². The fraction of sp³-hybridized carbons (Fsp3) is 0.0870. The van der Waals surface area contributed by atoms with Gasteiger partial charge in [-0.15, -0.1) is 11.3 Å². The van der Waals surface area contributed by atoms with Crippen LogP contribution in [0, 0.1) is 10.1 Å². The van der Waals surface area contributed by atoms with E-state index in [0.717, 1.165) is 23.5 Å². The Morgan fingerprint density at radius 2 is 2.03 bits per heavy atom. The number of nitrogens with zero attached hydrogens (tertiary/aromatic N) is 3. The van der Waals surface area contributed by atoms with Gasteiger partial charge in [0.05, 0.1) is 28.8 Å².